The predicted octanol–water partition coefficient (Wildman–Crippen LogP) is 1.56. The van der Waals surface area contributed by atoms with Gasteiger partial charge in [0.05, 0.1) is 31.5 Å². The maximum absolute atomic E-state index is 12.8. The third kappa shape index (κ3) is 3.94. The second-order valence-electron chi connectivity index (χ2n) is 6.89. The van der Waals surface area contributed by atoms with Gasteiger partial charge in [-0.25, -0.2) is 4.98 Å². The number of hydrogen-bond donors (Lipinski definition) is 1. The highest BCUT2D eigenvalue weighted by Crippen LogP contribution is 2.27. The molecule has 7 heteroatoms. The van der Waals surface area contributed by atoms with Gasteiger partial charge in [-0.3, -0.25) is 9.78 Å². The van der Waals surface area contributed by atoms with Gasteiger partial charge in [0.2, 0.25) is 5.88 Å². The van der Waals surface area contributed by atoms with Crippen LogP contribution in [0.3, 0.4) is 0 Å². The van der Waals surface area contributed by atoms with E-state index in [4.69, 9.17) is 9.47 Å². The van der Waals surface area contributed by atoms with Gasteiger partial charge < -0.3 is 19.7 Å². The summed E-state index contributed by atoms with van der Waals surface area (Å²) in [6.45, 7) is 3.27. The Kier molecular flexibility index (Phi) is 5.31. The molecule has 2 aromatic heterocycles. The number of nitrogens with one attached hydrogen (secondary N) is 1. The highest BCUT2D eigenvalue weighted by atomic mass is 16.5. The summed E-state index contributed by atoms with van der Waals surface area (Å²) in [7, 11) is 1.62. The van der Waals surface area contributed by atoms with Gasteiger partial charge in [-0.1, -0.05) is 6.07 Å². The molecule has 2 aromatic rings. The molecule has 0 aromatic carbocycles. The molecule has 1 saturated heterocycles. The number of methoxy groups -OCH3 is 1. The largest absolute Gasteiger partial charge is 0.481 e. The summed E-state index contributed by atoms with van der Waals surface area (Å²) in [6, 6.07) is 8.10. The van der Waals surface area contributed by atoms with Gasteiger partial charge in [-0.15, -0.1) is 0 Å². The molecule has 0 spiro atoms. The number of pyridine rings is 2. The lowest BCUT2D eigenvalue weighted by molar-refractivity contribution is 0.0779. The van der Waals surface area contributed by atoms with Crippen LogP contribution in [0, 0.1) is 0 Å². The smallest absolute Gasteiger partial charge is 0.256 e. The Morgan fingerprint density at radius 1 is 1.41 bits per heavy atom. The predicted molar refractivity (Wildman–Crippen MR) is 99.5 cm³/mol. The monoisotopic (exact) mass is 368 g/mol. The molecule has 4 heterocycles. The van der Waals surface area contributed by atoms with Crippen LogP contribution in [-0.4, -0.2) is 53.7 Å². The van der Waals surface area contributed by atoms with E-state index in [0.717, 1.165) is 43.0 Å². The Morgan fingerprint density at radius 3 is 3.07 bits per heavy atom. The van der Waals surface area contributed by atoms with Gasteiger partial charge in [0, 0.05) is 49.6 Å². The van der Waals surface area contributed by atoms with E-state index in [0.29, 0.717) is 37.1 Å². The van der Waals surface area contributed by atoms with Crippen LogP contribution >= 0.6 is 0 Å². The summed E-state index contributed by atoms with van der Waals surface area (Å²) in [6.07, 6.45) is 3.51. The van der Waals surface area contributed by atoms with E-state index in [2.05, 4.69) is 15.3 Å². The van der Waals surface area contributed by atoms with Crippen LogP contribution in [0.5, 0.6) is 5.88 Å². The number of hydrogen-bond acceptors (Lipinski definition) is 6. The lowest BCUT2D eigenvalue weighted by Gasteiger charge is -2.14. The number of fused-ring (bicyclic) bond motifs is 1. The molecule has 0 unspecified atom stereocenters. The van der Waals surface area contributed by atoms with E-state index in [1.807, 2.05) is 29.2 Å². The molecule has 0 radical (unpaired) electrons. The van der Waals surface area contributed by atoms with E-state index < -0.39 is 0 Å². The molecule has 2 aliphatic rings. The molecule has 0 aliphatic carbocycles. The summed E-state index contributed by atoms with van der Waals surface area (Å²) in [4.78, 5) is 23.6. The van der Waals surface area contributed by atoms with E-state index in [1.54, 1.807) is 13.3 Å². The SMILES string of the molecule is COc1nc2c(cc1CN[C@H]1CCOC1)C(=O)N(CCc1ccccn1)C2. The van der Waals surface area contributed by atoms with E-state index in [1.165, 1.54) is 0 Å². The van der Waals surface area contributed by atoms with Crippen molar-refractivity contribution in [2.24, 2.45) is 0 Å². The lowest BCUT2D eigenvalue weighted by Crippen LogP contribution is -2.29. The van der Waals surface area contributed by atoms with Crippen LogP contribution in [0.15, 0.2) is 30.5 Å². The topological polar surface area (TPSA) is 76.6 Å². The first-order chi connectivity index (χ1) is 13.2. The molecular weight excluding hydrogens is 344 g/mol. The minimum absolute atomic E-state index is 0.0292. The van der Waals surface area contributed by atoms with Gasteiger partial charge in [0.25, 0.3) is 5.91 Å². The summed E-state index contributed by atoms with van der Waals surface area (Å²) >= 11 is 0. The quantitative estimate of drug-likeness (QED) is 0.799. The second kappa shape index (κ2) is 8.02. The first-order valence-electron chi connectivity index (χ1n) is 9.31. The van der Waals surface area contributed by atoms with Crippen LogP contribution in [0.1, 0.15) is 33.7 Å². The van der Waals surface area contributed by atoms with Crippen molar-refractivity contribution in [1.29, 1.82) is 0 Å². The van der Waals surface area contributed by atoms with Gasteiger partial charge in [0.15, 0.2) is 0 Å². The van der Waals surface area contributed by atoms with Crippen molar-refractivity contribution in [3.05, 3.63) is 53.0 Å². The first-order valence-corrected chi connectivity index (χ1v) is 9.31. The Labute approximate surface area is 158 Å². The number of rotatable bonds is 7. The molecule has 0 saturated carbocycles. The number of carbonyl (C=O) groups is 1. The fraction of sp³-hybridized carbons (Fsp3) is 0.450. The minimum Gasteiger partial charge on any atom is -0.481 e. The zero-order valence-corrected chi connectivity index (χ0v) is 15.5. The van der Waals surface area contributed by atoms with Crippen LogP contribution < -0.4 is 10.1 Å². The molecule has 1 N–H and O–H groups in total. The number of carbonyl (C=O) groups excluding carboxylic acids is 1. The fourth-order valence-corrected chi connectivity index (χ4v) is 3.53. The number of nitrogens with zero attached hydrogens (tertiary/aromatic N) is 3. The number of aromatic nitrogens is 2. The second-order valence-corrected chi connectivity index (χ2v) is 6.89. The van der Waals surface area contributed by atoms with Crippen LogP contribution in [0.4, 0.5) is 0 Å². The van der Waals surface area contributed by atoms with Crippen LogP contribution in [-0.2, 0) is 24.2 Å². The zero-order chi connectivity index (χ0) is 18.6. The summed E-state index contributed by atoms with van der Waals surface area (Å²) in [5.74, 6) is 0.612. The Bertz CT molecular complexity index is 806. The van der Waals surface area contributed by atoms with Crippen molar-refractivity contribution >= 4 is 5.91 Å². The Balaban J connectivity index is 1.45. The van der Waals surface area contributed by atoms with Crippen LogP contribution in [0.2, 0.25) is 0 Å². The fourth-order valence-electron chi connectivity index (χ4n) is 3.53. The third-order valence-electron chi connectivity index (χ3n) is 5.07. The molecule has 1 amide bonds. The molecule has 27 heavy (non-hydrogen) atoms. The number of amides is 1. The lowest BCUT2D eigenvalue weighted by atomic mass is 10.1. The zero-order valence-electron chi connectivity index (χ0n) is 15.5. The van der Waals surface area contributed by atoms with Crippen molar-refractivity contribution in [3.8, 4) is 5.88 Å². The van der Waals surface area contributed by atoms with Crippen molar-refractivity contribution in [3.63, 3.8) is 0 Å². The Morgan fingerprint density at radius 2 is 2.33 bits per heavy atom. The van der Waals surface area contributed by atoms with Crippen molar-refractivity contribution < 1.29 is 14.3 Å². The molecule has 2 aliphatic heterocycles. The standard InChI is InChI=1S/C20H24N4O3/c1-26-19-14(11-22-16-6-9-27-13-16)10-17-18(23-19)12-24(20(17)25)8-5-15-4-2-3-7-21-15/h2-4,7,10,16,22H,5-6,8-9,11-13H2,1H3/t16-/m0/s1. The maximum atomic E-state index is 12.8. The summed E-state index contributed by atoms with van der Waals surface area (Å²) < 4.78 is 10.9. The number of ether oxygens (including phenoxy) is 2. The average molecular weight is 368 g/mol. The first kappa shape index (κ1) is 17.9. The van der Waals surface area contributed by atoms with Gasteiger partial charge >= 0.3 is 0 Å². The third-order valence-corrected chi connectivity index (χ3v) is 5.07. The minimum atomic E-state index is 0.0292. The van der Waals surface area contributed by atoms with Crippen LogP contribution in [0.25, 0.3) is 0 Å². The van der Waals surface area contributed by atoms with Crippen molar-refractivity contribution in [2.45, 2.75) is 32.0 Å². The van der Waals surface area contributed by atoms with Crippen molar-refractivity contribution in [2.75, 3.05) is 26.9 Å². The molecule has 0 bridgehead atoms. The summed E-state index contributed by atoms with van der Waals surface area (Å²) in [5, 5.41) is 3.46. The van der Waals surface area contributed by atoms with Gasteiger partial charge in [-0.2, -0.15) is 0 Å². The van der Waals surface area contributed by atoms with E-state index in [9.17, 15) is 4.79 Å². The molecule has 142 valence electrons. The molecule has 1 fully saturated rings. The van der Waals surface area contributed by atoms with E-state index in [-0.39, 0.29) is 5.91 Å². The molecular formula is C20H24N4O3. The molecule has 4 rings (SSSR count). The average Bonchev–Trinajstić information content (AvgIpc) is 3.33. The Hall–Kier alpha value is -2.51. The highest BCUT2D eigenvalue weighted by molar-refractivity contribution is 5.98. The maximum Gasteiger partial charge on any atom is 0.256 e. The van der Waals surface area contributed by atoms with Gasteiger partial charge in [-0.05, 0) is 24.6 Å². The highest BCUT2D eigenvalue weighted by Gasteiger charge is 2.30. The molecule has 7 nitrogen and oxygen atoms in total. The summed E-state index contributed by atoms with van der Waals surface area (Å²) in [5.41, 5.74) is 3.35. The molecule has 1 atom stereocenters. The van der Waals surface area contributed by atoms with E-state index >= 15 is 0 Å². The van der Waals surface area contributed by atoms with Crippen molar-refractivity contribution in [1.82, 2.24) is 20.2 Å². The normalized spacial score (nSPS) is 18.8. The van der Waals surface area contributed by atoms with Gasteiger partial charge in [0.1, 0.15) is 0 Å².